The number of halogens is 2. The Kier molecular flexibility index (Phi) is 3.66. The van der Waals surface area contributed by atoms with E-state index in [1.807, 2.05) is 10.8 Å². The van der Waals surface area contributed by atoms with E-state index in [1.165, 1.54) is 24.2 Å². The molecule has 100 valence electrons. The van der Waals surface area contributed by atoms with E-state index in [4.69, 9.17) is 0 Å². The van der Waals surface area contributed by atoms with Crippen LogP contribution < -0.4 is 5.32 Å². The van der Waals surface area contributed by atoms with Crippen molar-refractivity contribution in [2.45, 2.75) is 18.8 Å². The van der Waals surface area contributed by atoms with Crippen molar-refractivity contribution < 1.29 is 4.39 Å². The second kappa shape index (κ2) is 5.43. The van der Waals surface area contributed by atoms with Crippen molar-refractivity contribution in [3.05, 3.63) is 46.7 Å². The zero-order valence-corrected chi connectivity index (χ0v) is 12.0. The second-order valence-corrected chi connectivity index (χ2v) is 5.68. The summed E-state index contributed by atoms with van der Waals surface area (Å²) in [7, 11) is 0. The summed E-state index contributed by atoms with van der Waals surface area (Å²) in [5, 5.41) is 3.41. The van der Waals surface area contributed by atoms with Gasteiger partial charge in [-0.1, -0.05) is 0 Å². The van der Waals surface area contributed by atoms with E-state index in [-0.39, 0.29) is 5.82 Å². The number of benzene rings is 1. The number of nitrogens with one attached hydrogen (secondary N) is 1. The van der Waals surface area contributed by atoms with Crippen molar-refractivity contribution in [2.24, 2.45) is 0 Å². The molecule has 1 fully saturated rings. The highest BCUT2D eigenvalue weighted by Crippen LogP contribution is 2.28. The maximum atomic E-state index is 13.2. The molecular weight excluding hydrogens is 309 g/mol. The molecule has 0 bridgehead atoms. The Morgan fingerprint density at radius 1 is 1.42 bits per heavy atom. The monoisotopic (exact) mass is 323 g/mol. The second-order valence-electron chi connectivity index (χ2n) is 4.83. The Bertz CT molecular complexity index is 576. The van der Waals surface area contributed by atoms with Gasteiger partial charge in [-0.05, 0) is 53.5 Å². The molecular formula is C14H15BrFN3. The average molecular weight is 324 g/mol. The van der Waals surface area contributed by atoms with Gasteiger partial charge in [0.2, 0.25) is 0 Å². The quantitative estimate of drug-likeness (QED) is 0.919. The molecule has 2 heterocycles. The van der Waals surface area contributed by atoms with E-state index in [0.717, 1.165) is 29.7 Å². The molecule has 1 aliphatic rings. The highest BCUT2D eigenvalue weighted by molar-refractivity contribution is 9.10. The first kappa shape index (κ1) is 12.8. The van der Waals surface area contributed by atoms with Crippen LogP contribution in [0.1, 0.15) is 24.5 Å². The summed E-state index contributed by atoms with van der Waals surface area (Å²) >= 11 is 3.42. The number of rotatable bonds is 2. The zero-order chi connectivity index (χ0) is 13.2. The summed E-state index contributed by atoms with van der Waals surface area (Å²) in [5.41, 5.74) is 2.11. The van der Waals surface area contributed by atoms with Gasteiger partial charge < -0.3 is 9.88 Å². The summed E-state index contributed by atoms with van der Waals surface area (Å²) in [5.74, 6) is 0.227. The van der Waals surface area contributed by atoms with Crippen LogP contribution in [-0.2, 0) is 0 Å². The smallest absolute Gasteiger partial charge is 0.124 e. The molecule has 3 rings (SSSR count). The highest BCUT2D eigenvalue weighted by atomic mass is 79.9. The summed E-state index contributed by atoms with van der Waals surface area (Å²) in [6.45, 7) is 2.06. The van der Waals surface area contributed by atoms with Gasteiger partial charge in [0.15, 0.2) is 0 Å². The number of imidazole rings is 1. The van der Waals surface area contributed by atoms with Crippen molar-refractivity contribution in [3.63, 3.8) is 0 Å². The van der Waals surface area contributed by atoms with Crippen LogP contribution in [0.5, 0.6) is 0 Å². The Balaban J connectivity index is 1.99. The standard InChI is InChI=1S/C14H15BrFN3/c15-12-6-11(16)3-4-13(12)19-9-18-8-14(19)10-2-1-5-17-7-10/h3-4,6,8-10,17H,1-2,5,7H2. The maximum absolute atomic E-state index is 13.2. The summed E-state index contributed by atoms with van der Waals surface area (Å²) < 4.78 is 16.0. The Labute approximate surface area is 120 Å². The van der Waals surface area contributed by atoms with E-state index in [9.17, 15) is 4.39 Å². The van der Waals surface area contributed by atoms with Crippen LogP contribution in [0.3, 0.4) is 0 Å². The Hall–Kier alpha value is -1.20. The van der Waals surface area contributed by atoms with E-state index in [1.54, 1.807) is 12.4 Å². The van der Waals surface area contributed by atoms with Gasteiger partial charge in [0.1, 0.15) is 5.82 Å². The molecule has 1 saturated heterocycles. The lowest BCUT2D eigenvalue weighted by molar-refractivity contribution is 0.451. The van der Waals surface area contributed by atoms with E-state index < -0.39 is 0 Å². The third-order valence-electron chi connectivity index (χ3n) is 3.55. The fourth-order valence-corrected chi connectivity index (χ4v) is 3.13. The average Bonchev–Trinajstić information content (AvgIpc) is 2.89. The summed E-state index contributed by atoms with van der Waals surface area (Å²) in [6, 6.07) is 4.74. The number of hydrogen-bond acceptors (Lipinski definition) is 2. The van der Waals surface area contributed by atoms with Gasteiger partial charge in [-0.25, -0.2) is 9.37 Å². The minimum Gasteiger partial charge on any atom is -0.316 e. The van der Waals surface area contributed by atoms with Crippen LogP contribution in [0.2, 0.25) is 0 Å². The van der Waals surface area contributed by atoms with Crippen LogP contribution in [0.4, 0.5) is 4.39 Å². The van der Waals surface area contributed by atoms with Crippen LogP contribution in [-0.4, -0.2) is 22.6 Å². The van der Waals surface area contributed by atoms with Gasteiger partial charge in [-0.3, -0.25) is 0 Å². The lowest BCUT2D eigenvalue weighted by atomic mass is 9.96. The number of nitrogens with zero attached hydrogens (tertiary/aromatic N) is 2. The summed E-state index contributed by atoms with van der Waals surface area (Å²) in [6.07, 6.45) is 6.05. The van der Waals surface area contributed by atoms with Crippen LogP contribution in [0.25, 0.3) is 5.69 Å². The van der Waals surface area contributed by atoms with Gasteiger partial charge in [0.05, 0.1) is 12.0 Å². The molecule has 0 radical (unpaired) electrons. The largest absolute Gasteiger partial charge is 0.316 e. The predicted octanol–water partition coefficient (Wildman–Crippen LogP) is 3.24. The molecule has 1 aromatic heterocycles. The van der Waals surface area contributed by atoms with E-state index >= 15 is 0 Å². The molecule has 1 N–H and O–H groups in total. The Morgan fingerprint density at radius 3 is 3.05 bits per heavy atom. The lowest BCUT2D eigenvalue weighted by Gasteiger charge is -2.24. The van der Waals surface area contributed by atoms with E-state index in [0.29, 0.717) is 5.92 Å². The first-order valence-corrected chi connectivity index (χ1v) is 7.23. The van der Waals surface area contributed by atoms with Crippen molar-refractivity contribution in [2.75, 3.05) is 13.1 Å². The molecule has 1 aromatic carbocycles. The van der Waals surface area contributed by atoms with Crippen molar-refractivity contribution in [1.82, 2.24) is 14.9 Å². The van der Waals surface area contributed by atoms with Gasteiger partial charge in [-0.15, -0.1) is 0 Å². The molecule has 0 spiro atoms. The third-order valence-corrected chi connectivity index (χ3v) is 4.19. The fraction of sp³-hybridized carbons (Fsp3) is 0.357. The van der Waals surface area contributed by atoms with Gasteiger partial charge in [0.25, 0.3) is 0 Å². The summed E-state index contributed by atoms with van der Waals surface area (Å²) in [4.78, 5) is 4.26. The minimum atomic E-state index is -0.239. The highest BCUT2D eigenvalue weighted by Gasteiger charge is 2.20. The molecule has 1 atom stereocenters. The molecule has 0 saturated carbocycles. The number of hydrogen-bond donors (Lipinski definition) is 1. The molecule has 0 aliphatic carbocycles. The molecule has 1 aliphatic heterocycles. The van der Waals surface area contributed by atoms with Crippen molar-refractivity contribution >= 4 is 15.9 Å². The lowest BCUT2D eigenvalue weighted by Crippen LogP contribution is -2.29. The van der Waals surface area contributed by atoms with Crippen molar-refractivity contribution in [1.29, 1.82) is 0 Å². The SMILES string of the molecule is Fc1ccc(-n2cncc2C2CCCNC2)c(Br)c1. The first-order chi connectivity index (χ1) is 9.25. The minimum absolute atomic E-state index is 0.239. The van der Waals surface area contributed by atoms with Gasteiger partial charge in [0, 0.05) is 28.8 Å². The van der Waals surface area contributed by atoms with Crippen molar-refractivity contribution in [3.8, 4) is 5.69 Å². The van der Waals surface area contributed by atoms with Gasteiger partial charge in [-0.2, -0.15) is 0 Å². The molecule has 5 heteroatoms. The third kappa shape index (κ3) is 2.58. The van der Waals surface area contributed by atoms with Crippen LogP contribution in [0.15, 0.2) is 35.2 Å². The molecule has 19 heavy (non-hydrogen) atoms. The first-order valence-electron chi connectivity index (χ1n) is 6.44. The maximum Gasteiger partial charge on any atom is 0.124 e. The Morgan fingerprint density at radius 2 is 2.32 bits per heavy atom. The molecule has 1 unspecified atom stereocenters. The topological polar surface area (TPSA) is 29.9 Å². The zero-order valence-electron chi connectivity index (χ0n) is 10.4. The molecule has 0 amide bonds. The number of piperidine rings is 1. The fourth-order valence-electron chi connectivity index (χ4n) is 2.59. The normalized spacial score (nSPS) is 19.6. The van der Waals surface area contributed by atoms with Gasteiger partial charge >= 0.3 is 0 Å². The molecule has 2 aromatic rings. The van der Waals surface area contributed by atoms with Crippen LogP contribution in [0, 0.1) is 5.82 Å². The molecule has 3 nitrogen and oxygen atoms in total. The number of aromatic nitrogens is 2. The predicted molar refractivity (Wildman–Crippen MR) is 76.1 cm³/mol. The van der Waals surface area contributed by atoms with Crippen LogP contribution >= 0.6 is 15.9 Å². The van der Waals surface area contributed by atoms with E-state index in [2.05, 4.69) is 26.2 Å².